The van der Waals surface area contributed by atoms with Gasteiger partial charge in [0.05, 0.1) is 0 Å². The molecule has 0 spiro atoms. The molecule has 0 aliphatic heterocycles. The molecule has 1 unspecified atom stereocenters. The molecular weight excluding hydrogens is 877 g/mol. The first-order valence-corrected chi connectivity index (χ1v) is 30.4. The molecule has 0 radical (unpaired) electrons. The number of rotatable bonds is 55. The Morgan fingerprint density at radius 1 is 0.296 bits per heavy atom. The molecule has 0 aromatic carbocycles. The van der Waals surface area contributed by atoms with Crippen molar-refractivity contribution in [3.8, 4) is 0 Å². The monoisotopic (exact) mass is 991 g/mol. The molecule has 0 N–H and O–H groups in total. The summed E-state index contributed by atoms with van der Waals surface area (Å²) >= 11 is 0. The first kappa shape index (κ1) is 67.8. The maximum absolute atomic E-state index is 12.9. The van der Waals surface area contributed by atoms with Crippen molar-refractivity contribution in [3.63, 3.8) is 0 Å². The van der Waals surface area contributed by atoms with Gasteiger partial charge in [0.1, 0.15) is 13.2 Å². The van der Waals surface area contributed by atoms with Crippen LogP contribution in [0.25, 0.3) is 0 Å². The van der Waals surface area contributed by atoms with Crippen molar-refractivity contribution in [1.29, 1.82) is 0 Å². The molecule has 0 bridgehead atoms. The van der Waals surface area contributed by atoms with Gasteiger partial charge in [0.15, 0.2) is 6.10 Å². The maximum atomic E-state index is 12.9. The summed E-state index contributed by atoms with van der Waals surface area (Å²) in [5, 5.41) is 0. The molecule has 6 heteroatoms. The van der Waals surface area contributed by atoms with Gasteiger partial charge >= 0.3 is 17.9 Å². The SMILES string of the molecule is CC/C=C\C/C=C\C/C=C\C/C=C\CCCCC(=O)OCC(COC(=O)CCCCCCCCCCCCCCCCCCCCCC)OC(=O)CCCCCCCCC/C=C\C/C=C\CCCCCC. The predicted molar refractivity (Wildman–Crippen MR) is 307 cm³/mol. The van der Waals surface area contributed by atoms with Crippen LogP contribution >= 0.6 is 0 Å². The topological polar surface area (TPSA) is 78.9 Å². The molecule has 0 aromatic rings. The first-order chi connectivity index (χ1) is 35.0. The molecule has 0 fully saturated rings. The molecule has 0 heterocycles. The lowest BCUT2D eigenvalue weighted by molar-refractivity contribution is -0.167. The highest BCUT2D eigenvalue weighted by Gasteiger charge is 2.19. The fourth-order valence-electron chi connectivity index (χ4n) is 8.64. The summed E-state index contributed by atoms with van der Waals surface area (Å²) < 4.78 is 16.9. The predicted octanol–water partition coefficient (Wildman–Crippen LogP) is 20.5. The van der Waals surface area contributed by atoms with Gasteiger partial charge in [-0.3, -0.25) is 14.4 Å². The van der Waals surface area contributed by atoms with Crippen molar-refractivity contribution in [2.75, 3.05) is 13.2 Å². The van der Waals surface area contributed by atoms with Crippen LogP contribution in [0.3, 0.4) is 0 Å². The minimum absolute atomic E-state index is 0.0894. The summed E-state index contributed by atoms with van der Waals surface area (Å²) in [5.41, 5.74) is 0. The van der Waals surface area contributed by atoms with E-state index in [1.807, 2.05) is 0 Å². The van der Waals surface area contributed by atoms with Crippen molar-refractivity contribution in [3.05, 3.63) is 72.9 Å². The lowest BCUT2D eigenvalue weighted by Gasteiger charge is -2.18. The van der Waals surface area contributed by atoms with E-state index in [1.54, 1.807) is 0 Å². The summed E-state index contributed by atoms with van der Waals surface area (Å²) in [6, 6.07) is 0. The van der Waals surface area contributed by atoms with Crippen LogP contribution in [0, 0.1) is 0 Å². The highest BCUT2D eigenvalue weighted by atomic mass is 16.6. The Hall–Kier alpha value is -3.15. The second-order valence-electron chi connectivity index (χ2n) is 20.2. The fraction of sp³-hybridized carbons (Fsp3) is 0.769. The van der Waals surface area contributed by atoms with Crippen LogP contribution in [0.4, 0.5) is 0 Å². The quantitative estimate of drug-likeness (QED) is 0.0261. The van der Waals surface area contributed by atoms with Gasteiger partial charge in [-0.25, -0.2) is 0 Å². The van der Waals surface area contributed by atoms with E-state index in [0.29, 0.717) is 19.3 Å². The van der Waals surface area contributed by atoms with E-state index in [1.165, 1.54) is 167 Å². The number of allylic oxidation sites excluding steroid dienone is 12. The largest absolute Gasteiger partial charge is 0.462 e. The molecule has 410 valence electrons. The third-order valence-corrected chi connectivity index (χ3v) is 13.2. The highest BCUT2D eigenvalue weighted by Crippen LogP contribution is 2.17. The van der Waals surface area contributed by atoms with E-state index in [4.69, 9.17) is 14.2 Å². The number of carbonyl (C=O) groups excluding carboxylic acids is 3. The Bertz CT molecular complexity index is 1320. The molecule has 0 saturated heterocycles. The van der Waals surface area contributed by atoms with Crippen LogP contribution in [0.15, 0.2) is 72.9 Å². The smallest absolute Gasteiger partial charge is 0.306 e. The molecule has 6 nitrogen and oxygen atoms in total. The second-order valence-corrected chi connectivity index (χ2v) is 20.2. The van der Waals surface area contributed by atoms with Crippen molar-refractivity contribution < 1.29 is 28.6 Å². The Morgan fingerprint density at radius 2 is 0.549 bits per heavy atom. The Morgan fingerprint density at radius 3 is 0.901 bits per heavy atom. The molecule has 0 aliphatic carbocycles. The van der Waals surface area contributed by atoms with Crippen LogP contribution in [-0.2, 0) is 28.6 Å². The maximum Gasteiger partial charge on any atom is 0.306 e. The fourth-order valence-corrected chi connectivity index (χ4v) is 8.64. The van der Waals surface area contributed by atoms with E-state index < -0.39 is 6.10 Å². The van der Waals surface area contributed by atoms with Crippen LogP contribution < -0.4 is 0 Å². The molecule has 0 rings (SSSR count). The van der Waals surface area contributed by atoms with E-state index in [9.17, 15) is 14.4 Å². The number of hydrogen-bond donors (Lipinski definition) is 0. The van der Waals surface area contributed by atoms with Gasteiger partial charge in [0.2, 0.25) is 0 Å². The molecule has 1 atom stereocenters. The van der Waals surface area contributed by atoms with Crippen LogP contribution in [0.5, 0.6) is 0 Å². The number of unbranched alkanes of at least 4 members (excludes halogenated alkanes) is 32. The van der Waals surface area contributed by atoms with E-state index in [2.05, 4.69) is 93.7 Å². The van der Waals surface area contributed by atoms with Gasteiger partial charge in [-0.1, -0.05) is 267 Å². The third kappa shape index (κ3) is 57.6. The zero-order chi connectivity index (χ0) is 51.4. The molecule has 0 saturated carbocycles. The third-order valence-electron chi connectivity index (χ3n) is 13.2. The minimum Gasteiger partial charge on any atom is -0.462 e. The number of hydrogen-bond acceptors (Lipinski definition) is 6. The van der Waals surface area contributed by atoms with Gasteiger partial charge in [-0.2, -0.15) is 0 Å². The van der Waals surface area contributed by atoms with E-state index >= 15 is 0 Å². The van der Waals surface area contributed by atoms with Gasteiger partial charge in [-0.05, 0) is 89.9 Å². The summed E-state index contributed by atoms with van der Waals surface area (Å²) in [6.45, 7) is 6.50. The Labute approximate surface area is 440 Å². The van der Waals surface area contributed by atoms with Crippen LogP contribution in [0.1, 0.15) is 303 Å². The number of ether oxygens (including phenoxy) is 3. The van der Waals surface area contributed by atoms with Gasteiger partial charge in [0, 0.05) is 19.3 Å². The molecule has 71 heavy (non-hydrogen) atoms. The van der Waals surface area contributed by atoms with Crippen LogP contribution in [-0.4, -0.2) is 37.2 Å². The van der Waals surface area contributed by atoms with Crippen molar-refractivity contribution >= 4 is 17.9 Å². The molecule has 0 aliphatic rings. The minimum atomic E-state index is -0.796. The van der Waals surface area contributed by atoms with Gasteiger partial charge in [0.25, 0.3) is 0 Å². The van der Waals surface area contributed by atoms with Gasteiger partial charge in [-0.15, -0.1) is 0 Å². The zero-order valence-corrected chi connectivity index (χ0v) is 47.0. The Kier molecular flexibility index (Phi) is 56.8. The van der Waals surface area contributed by atoms with Crippen molar-refractivity contribution in [2.45, 2.75) is 309 Å². The van der Waals surface area contributed by atoms with E-state index in [-0.39, 0.29) is 31.1 Å². The summed E-state index contributed by atoms with van der Waals surface area (Å²) in [4.78, 5) is 38.2. The normalized spacial score (nSPS) is 12.5. The summed E-state index contributed by atoms with van der Waals surface area (Å²) in [7, 11) is 0. The number of esters is 3. The second kappa shape index (κ2) is 59.4. The Balaban J connectivity index is 4.40. The van der Waals surface area contributed by atoms with Crippen molar-refractivity contribution in [2.24, 2.45) is 0 Å². The average molecular weight is 992 g/mol. The number of carbonyl (C=O) groups is 3. The van der Waals surface area contributed by atoms with Crippen molar-refractivity contribution in [1.82, 2.24) is 0 Å². The molecule has 0 amide bonds. The summed E-state index contributed by atoms with van der Waals surface area (Å²) in [5.74, 6) is -0.928. The lowest BCUT2D eigenvalue weighted by atomic mass is 10.0. The average Bonchev–Trinajstić information content (AvgIpc) is 3.37. The molecular formula is C65H114O6. The zero-order valence-electron chi connectivity index (χ0n) is 47.0. The lowest BCUT2D eigenvalue weighted by Crippen LogP contribution is -2.30. The highest BCUT2D eigenvalue weighted by molar-refractivity contribution is 5.71. The van der Waals surface area contributed by atoms with Gasteiger partial charge < -0.3 is 14.2 Å². The van der Waals surface area contributed by atoms with Crippen LogP contribution in [0.2, 0.25) is 0 Å². The molecule has 0 aromatic heterocycles. The van der Waals surface area contributed by atoms with E-state index in [0.717, 1.165) is 96.3 Å². The standard InChI is InChI=1S/C65H114O6/c1-4-7-10-13-16-19-22-25-28-30-32-33-35-37-40-43-46-49-52-55-58-64(67)70-61-62(60-69-63(66)57-54-51-48-45-42-39-36-27-24-21-18-15-12-9-6-3)71-65(68)59-56-53-50-47-44-41-38-34-31-29-26-23-20-17-14-11-8-5-2/h9,12,18,20-21,23,27,29,31,36,42,45,62H,4-8,10-11,13-17,19,22,24-26,28,30,32-35,37-41,43-44,46-61H2,1-3H3/b12-9-,21-18-,23-20-,31-29-,36-27-,45-42-. The summed E-state index contributed by atoms with van der Waals surface area (Å²) in [6.07, 6.45) is 76.2. The first-order valence-electron chi connectivity index (χ1n) is 30.4.